The summed E-state index contributed by atoms with van der Waals surface area (Å²) in [4.78, 5) is 14.2. The third-order valence-corrected chi connectivity index (χ3v) is 5.68. The number of aryl methyl sites for hydroxylation is 1. The van der Waals surface area contributed by atoms with Gasteiger partial charge in [0, 0.05) is 7.05 Å². The first-order valence-electron chi connectivity index (χ1n) is 9.52. The Morgan fingerprint density at radius 3 is 2.60 bits per heavy atom. The first-order valence-corrected chi connectivity index (χ1v) is 10.5. The van der Waals surface area contributed by atoms with Gasteiger partial charge in [-0.2, -0.15) is 0 Å². The molecule has 0 aliphatic heterocycles. The van der Waals surface area contributed by atoms with Crippen LogP contribution >= 0.6 is 11.8 Å². The lowest BCUT2D eigenvalue weighted by atomic mass is 10.2. The molecule has 154 valence electrons. The van der Waals surface area contributed by atoms with Crippen LogP contribution in [0.25, 0.3) is 11.4 Å². The lowest BCUT2D eigenvalue weighted by Crippen LogP contribution is -2.27. The Morgan fingerprint density at radius 2 is 1.90 bits per heavy atom. The molecule has 3 aromatic heterocycles. The van der Waals surface area contributed by atoms with Crippen molar-refractivity contribution in [2.24, 2.45) is 0 Å². The molecule has 0 aliphatic carbocycles. The number of rotatable bonds is 8. The average molecular weight is 423 g/mol. The number of carbonyl (C=O) groups is 1. The number of thioether (sulfide) groups is 1. The minimum Gasteiger partial charge on any atom is -0.469 e. The van der Waals surface area contributed by atoms with E-state index < -0.39 is 0 Å². The van der Waals surface area contributed by atoms with Crippen LogP contribution in [0.2, 0.25) is 0 Å². The maximum Gasteiger partial charge on any atom is 0.233 e. The summed E-state index contributed by atoms with van der Waals surface area (Å²) < 4.78 is 12.8. The Labute approximate surface area is 178 Å². The number of nitrogens with zero attached hydrogens (tertiary/aromatic N) is 4. The summed E-state index contributed by atoms with van der Waals surface area (Å²) in [6.07, 6.45) is 3.25. The number of hydrogen-bond acceptors (Lipinski definition) is 6. The standard InChI is InChI=1S/C22H22N4O3S/c1-16-19(10-12-28-16)21-23-24-22(26(21)13-17-7-4-3-5-8-17)30-15-20(27)25(2)14-18-9-6-11-29-18/h3-12H,13-15H2,1-2H3. The Morgan fingerprint density at radius 1 is 1.07 bits per heavy atom. The van der Waals surface area contributed by atoms with Crippen LogP contribution < -0.4 is 0 Å². The van der Waals surface area contributed by atoms with E-state index in [9.17, 15) is 4.79 Å². The molecule has 0 unspecified atom stereocenters. The molecule has 0 N–H and O–H groups in total. The molecule has 0 bridgehead atoms. The van der Waals surface area contributed by atoms with Gasteiger partial charge >= 0.3 is 0 Å². The summed E-state index contributed by atoms with van der Waals surface area (Å²) in [6.45, 7) is 2.94. The van der Waals surface area contributed by atoms with Crippen molar-refractivity contribution in [2.75, 3.05) is 12.8 Å². The van der Waals surface area contributed by atoms with Crippen molar-refractivity contribution >= 4 is 17.7 Å². The second-order valence-electron chi connectivity index (χ2n) is 6.89. The van der Waals surface area contributed by atoms with Gasteiger partial charge in [-0.05, 0) is 30.7 Å². The molecule has 0 fully saturated rings. The zero-order valence-corrected chi connectivity index (χ0v) is 17.6. The third-order valence-electron chi connectivity index (χ3n) is 4.72. The van der Waals surface area contributed by atoms with Gasteiger partial charge in [0.15, 0.2) is 11.0 Å². The van der Waals surface area contributed by atoms with Crippen LogP contribution in [0.3, 0.4) is 0 Å². The van der Waals surface area contributed by atoms with Crippen LogP contribution in [0.1, 0.15) is 17.1 Å². The van der Waals surface area contributed by atoms with Crippen molar-refractivity contribution in [3.05, 3.63) is 78.1 Å². The molecule has 3 heterocycles. The van der Waals surface area contributed by atoms with Crippen molar-refractivity contribution < 1.29 is 13.6 Å². The molecule has 0 atom stereocenters. The molecule has 0 saturated heterocycles. The van der Waals surface area contributed by atoms with Gasteiger partial charge in [0.25, 0.3) is 0 Å². The minimum atomic E-state index is -0.00768. The van der Waals surface area contributed by atoms with E-state index in [0.29, 0.717) is 18.2 Å². The summed E-state index contributed by atoms with van der Waals surface area (Å²) >= 11 is 1.38. The van der Waals surface area contributed by atoms with Gasteiger partial charge in [-0.25, -0.2) is 0 Å². The SMILES string of the molecule is Cc1occc1-c1nnc(SCC(=O)N(C)Cc2ccco2)n1Cc1ccccc1. The molecule has 7 nitrogen and oxygen atoms in total. The smallest absolute Gasteiger partial charge is 0.233 e. The van der Waals surface area contributed by atoms with Crippen LogP contribution in [-0.4, -0.2) is 38.4 Å². The van der Waals surface area contributed by atoms with E-state index >= 15 is 0 Å². The average Bonchev–Trinajstić information content (AvgIpc) is 3.49. The largest absolute Gasteiger partial charge is 0.469 e. The van der Waals surface area contributed by atoms with E-state index in [1.807, 2.05) is 47.9 Å². The van der Waals surface area contributed by atoms with Gasteiger partial charge < -0.3 is 13.7 Å². The molecule has 1 amide bonds. The Hall–Kier alpha value is -3.26. The fourth-order valence-corrected chi connectivity index (χ4v) is 3.96. The van der Waals surface area contributed by atoms with Crippen LogP contribution in [0.15, 0.2) is 75.0 Å². The highest BCUT2D eigenvalue weighted by atomic mass is 32.2. The van der Waals surface area contributed by atoms with Crippen LogP contribution in [0, 0.1) is 6.92 Å². The fourth-order valence-electron chi connectivity index (χ4n) is 3.08. The Kier molecular flexibility index (Phi) is 6.04. The van der Waals surface area contributed by atoms with Crippen molar-refractivity contribution in [1.29, 1.82) is 0 Å². The zero-order valence-electron chi connectivity index (χ0n) is 16.8. The number of benzene rings is 1. The molecule has 0 saturated carbocycles. The van der Waals surface area contributed by atoms with Gasteiger partial charge in [-0.1, -0.05) is 42.1 Å². The van der Waals surface area contributed by atoms with Gasteiger partial charge in [-0.3, -0.25) is 9.36 Å². The molecule has 4 aromatic rings. The maximum absolute atomic E-state index is 12.6. The van der Waals surface area contributed by atoms with E-state index in [4.69, 9.17) is 8.83 Å². The molecule has 0 radical (unpaired) electrons. The summed E-state index contributed by atoms with van der Waals surface area (Å²) in [7, 11) is 1.76. The highest BCUT2D eigenvalue weighted by Gasteiger charge is 2.19. The van der Waals surface area contributed by atoms with E-state index in [-0.39, 0.29) is 11.7 Å². The highest BCUT2D eigenvalue weighted by molar-refractivity contribution is 7.99. The summed E-state index contributed by atoms with van der Waals surface area (Å²) in [5.74, 6) is 2.51. The van der Waals surface area contributed by atoms with E-state index in [2.05, 4.69) is 22.3 Å². The predicted molar refractivity (Wildman–Crippen MR) is 114 cm³/mol. The highest BCUT2D eigenvalue weighted by Crippen LogP contribution is 2.28. The first-order chi connectivity index (χ1) is 14.6. The lowest BCUT2D eigenvalue weighted by molar-refractivity contribution is -0.127. The molecule has 0 spiro atoms. The minimum absolute atomic E-state index is 0.00768. The molecular formula is C22H22N4O3S. The van der Waals surface area contributed by atoms with Crippen LogP contribution in [-0.2, 0) is 17.9 Å². The van der Waals surface area contributed by atoms with Gasteiger partial charge in [0.05, 0.1) is 36.9 Å². The van der Waals surface area contributed by atoms with Crippen molar-refractivity contribution in [3.8, 4) is 11.4 Å². The zero-order chi connectivity index (χ0) is 20.9. The number of aromatic nitrogens is 3. The first kappa shape index (κ1) is 20.0. The lowest BCUT2D eigenvalue weighted by Gasteiger charge is -2.15. The maximum atomic E-state index is 12.6. The second-order valence-corrected chi connectivity index (χ2v) is 7.83. The summed E-state index contributed by atoms with van der Waals surface area (Å²) in [6, 6.07) is 15.7. The van der Waals surface area contributed by atoms with Crippen LogP contribution in [0.5, 0.6) is 0 Å². The summed E-state index contributed by atoms with van der Waals surface area (Å²) in [5, 5.41) is 9.44. The van der Waals surface area contributed by atoms with Crippen LogP contribution in [0.4, 0.5) is 0 Å². The van der Waals surface area contributed by atoms with Crippen molar-refractivity contribution in [1.82, 2.24) is 19.7 Å². The van der Waals surface area contributed by atoms with E-state index in [1.165, 1.54) is 11.8 Å². The molecule has 8 heteroatoms. The molecule has 0 aliphatic rings. The fraction of sp³-hybridized carbons (Fsp3) is 0.227. The van der Waals surface area contributed by atoms with Gasteiger partial charge in [0.2, 0.25) is 5.91 Å². The predicted octanol–water partition coefficient (Wildman–Crippen LogP) is 4.24. The molecule has 1 aromatic carbocycles. The number of furan rings is 2. The second kappa shape index (κ2) is 9.04. The number of amides is 1. The normalized spacial score (nSPS) is 11.0. The molecule has 30 heavy (non-hydrogen) atoms. The van der Waals surface area contributed by atoms with Crippen molar-refractivity contribution in [3.63, 3.8) is 0 Å². The quantitative estimate of drug-likeness (QED) is 0.395. The van der Waals surface area contributed by atoms with Crippen molar-refractivity contribution in [2.45, 2.75) is 25.2 Å². The third kappa shape index (κ3) is 4.49. The number of hydrogen-bond donors (Lipinski definition) is 0. The van der Waals surface area contributed by atoms with E-state index in [1.54, 1.807) is 24.5 Å². The van der Waals surface area contributed by atoms with Gasteiger partial charge in [0.1, 0.15) is 11.5 Å². The molecular weight excluding hydrogens is 400 g/mol. The monoisotopic (exact) mass is 422 g/mol. The van der Waals surface area contributed by atoms with Gasteiger partial charge in [-0.15, -0.1) is 10.2 Å². The Balaban J connectivity index is 1.53. The number of carbonyl (C=O) groups excluding carboxylic acids is 1. The molecule has 4 rings (SSSR count). The van der Waals surface area contributed by atoms with E-state index in [0.717, 1.165) is 28.5 Å². The summed E-state index contributed by atoms with van der Waals surface area (Å²) in [5.41, 5.74) is 2.02. The Bertz CT molecular complexity index is 1100. The topological polar surface area (TPSA) is 77.3 Å².